The molecule has 6 aromatic carbocycles. The second-order valence-corrected chi connectivity index (χ2v) is 16.7. The smallest absolute Gasteiger partial charge is 2.00 e. The molecule has 12 rings (SSSR count). The van der Waals surface area contributed by atoms with E-state index in [4.69, 9.17) is 16.8 Å². The van der Waals surface area contributed by atoms with E-state index in [0.717, 1.165) is 90.1 Å². The molecule has 14 heteroatoms. The van der Waals surface area contributed by atoms with Crippen LogP contribution in [0.5, 0.6) is 23.0 Å². The summed E-state index contributed by atoms with van der Waals surface area (Å²) in [4.78, 5) is 9.18. The molecule has 0 bridgehead atoms. The Labute approximate surface area is 426 Å². The molecule has 0 spiro atoms. The van der Waals surface area contributed by atoms with Crippen molar-refractivity contribution in [2.75, 3.05) is 0 Å². The van der Waals surface area contributed by atoms with Gasteiger partial charge in [-0.15, -0.1) is 35.7 Å². The van der Waals surface area contributed by atoms with Gasteiger partial charge in [-0.2, -0.15) is 22.3 Å². The predicted molar refractivity (Wildman–Crippen MR) is 264 cm³/mol. The first-order valence-electron chi connectivity index (χ1n) is 22.0. The molecule has 0 amide bonds. The number of benzene rings is 6. The third kappa shape index (κ3) is 9.61. The molecule has 12 nitrogen and oxygen atoms in total. The van der Waals surface area contributed by atoms with Crippen LogP contribution >= 0.6 is 0 Å². The van der Waals surface area contributed by atoms with E-state index in [0.29, 0.717) is 11.5 Å². The summed E-state index contributed by atoms with van der Waals surface area (Å²) >= 11 is -1.42. The molecule has 350 valence electrons. The third-order valence-corrected chi connectivity index (χ3v) is 11.5. The molecule has 0 aliphatic rings. The largest absolute Gasteiger partial charge is 2.00 e. The van der Waals surface area contributed by atoms with Crippen molar-refractivity contribution >= 4 is 43.6 Å². The molecule has 0 atom stereocenters. The van der Waals surface area contributed by atoms with Crippen molar-refractivity contribution in [3.63, 3.8) is 0 Å². The summed E-state index contributed by atoms with van der Waals surface area (Å²) in [5.74, 6) is 4.48. The van der Waals surface area contributed by atoms with Gasteiger partial charge in [-0.25, -0.2) is 14.6 Å². The number of aromatic nitrogens is 8. The van der Waals surface area contributed by atoms with E-state index in [1.165, 1.54) is 10.8 Å². The zero-order valence-electron chi connectivity index (χ0n) is 38.3. The molecule has 0 radical (unpaired) electrons. The number of hydrogen-bond donors (Lipinski definition) is 1. The van der Waals surface area contributed by atoms with E-state index in [2.05, 4.69) is 109 Å². The Morgan fingerprint density at radius 3 is 1.71 bits per heavy atom. The number of ether oxygens (including phenoxy) is 2. The number of aryl methyl sites for hydroxylation is 4. The number of pyridine rings is 2. The molecular weight excluding hydrogens is 1240 g/mol. The first-order chi connectivity index (χ1) is 33.8. The Morgan fingerprint density at radius 2 is 1.06 bits per heavy atom. The van der Waals surface area contributed by atoms with Gasteiger partial charge in [-0.1, -0.05) is 60.1 Å². The summed E-state index contributed by atoms with van der Waals surface area (Å²) in [6.45, 7) is 8.06. The van der Waals surface area contributed by atoms with Gasteiger partial charge in [-0.05, 0) is 112 Å². The average Bonchev–Trinajstić information content (AvgIpc) is 4.11. The fourth-order valence-corrected chi connectivity index (χ4v) is 8.72. The Kier molecular flexibility index (Phi) is 14.1. The zero-order chi connectivity index (χ0) is 47.4. The number of fused-ring (bicyclic) bond motifs is 6. The summed E-state index contributed by atoms with van der Waals surface area (Å²) in [7, 11) is 0. The minimum absolute atomic E-state index is 0. The van der Waals surface area contributed by atoms with Crippen LogP contribution in [0, 0.1) is 43.7 Å². The summed E-state index contributed by atoms with van der Waals surface area (Å²) in [6, 6.07) is 63.5. The van der Waals surface area contributed by atoms with Crippen LogP contribution in [-0.2, 0) is 42.8 Å². The minimum Gasteiger partial charge on any atom is 2.00 e. The van der Waals surface area contributed by atoms with E-state index < -0.39 is 18.3 Å². The maximum Gasteiger partial charge on any atom is 2.00 e. The molecule has 12 aromatic rings. The van der Waals surface area contributed by atoms with Crippen molar-refractivity contribution in [2.24, 2.45) is 0 Å². The monoisotopic (exact) mass is 1280 g/mol. The second kappa shape index (κ2) is 20.8. The molecule has 70 heavy (non-hydrogen) atoms. The van der Waals surface area contributed by atoms with Gasteiger partial charge in [0.2, 0.25) is 0 Å². The second-order valence-electron chi connectivity index (χ2n) is 16.2. The van der Waals surface area contributed by atoms with E-state index >= 15 is 0 Å². The summed E-state index contributed by atoms with van der Waals surface area (Å²) in [5, 5.41) is 13.8. The summed E-state index contributed by atoms with van der Waals surface area (Å²) in [5.41, 5.74) is 10.1. The van der Waals surface area contributed by atoms with Crippen LogP contribution in [-0.4, -0.2) is 38.7 Å². The Hall–Kier alpha value is -7.78. The predicted octanol–water partition coefficient (Wildman–Crippen LogP) is 13.3. The van der Waals surface area contributed by atoms with Gasteiger partial charge in [0.1, 0.15) is 23.1 Å². The fraction of sp³-hybridized carbons (Fsp3) is 0.0714. The van der Waals surface area contributed by atoms with Gasteiger partial charge in [0.15, 0.2) is 0 Å². The van der Waals surface area contributed by atoms with Crippen LogP contribution in [0.1, 0.15) is 22.8 Å². The Morgan fingerprint density at radius 1 is 0.500 bits per heavy atom. The first kappa shape index (κ1) is 47.3. The fourth-order valence-electron chi connectivity index (χ4n) is 8.72. The number of para-hydroxylation sites is 2. The molecule has 0 fully saturated rings. The van der Waals surface area contributed by atoms with Gasteiger partial charge in [-0.3, -0.25) is 9.25 Å². The molecule has 0 aliphatic carbocycles. The number of nitrogens with zero attached hydrogens (tertiary/aromatic N) is 8. The van der Waals surface area contributed by atoms with E-state index in [1.807, 2.05) is 146 Å². The van der Waals surface area contributed by atoms with Crippen molar-refractivity contribution < 1.29 is 52.3 Å². The van der Waals surface area contributed by atoms with Crippen LogP contribution in [0.3, 0.4) is 0 Å². The van der Waals surface area contributed by atoms with Crippen molar-refractivity contribution in [3.8, 4) is 46.0 Å². The molecule has 0 saturated heterocycles. The third-order valence-electron chi connectivity index (χ3n) is 11.5. The van der Waals surface area contributed by atoms with Crippen molar-refractivity contribution in [3.05, 3.63) is 217 Å². The summed E-state index contributed by atoms with van der Waals surface area (Å²) in [6.07, 6.45) is 3.62. The molecule has 0 unspecified atom stereocenters. The quantitative estimate of drug-likeness (QED) is 0.150. The van der Waals surface area contributed by atoms with E-state index in [-0.39, 0.29) is 21.1 Å². The van der Waals surface area contributed by atoms with Crippen LogP contribution in [0.4, 0.5) is 0 Å². The van der Waals surface area contributed by atoms with E-state index in [9.17, 15) is 0 Å². The van der Waals surface area contributed by atoms with Gasteiger partial charge in [0.05, 0.1) is 28.1 Å². The van der Waals surface area contributed by atoms with Crippen LogP contribution < -0.4 is 9.47 Å². The molecule has 6 aromatic heterocycles. The van der Waals surface area contributed by atoms with Crippen LogP contribution in [0.25, 0.3) is 66.6 Å². The number of nitrogens with one attached hydrogen (secondary N) is 1. The maximum atomic E-state index is 8.71. The standard InChI is InChI=1S/C28H22N4O.C28H20N4O.HN.O.2Pt/c2*1-19-16-20(2)32(30-19)21-8-7-9-22(17-21)33-23-13-14-25-24-10-3-4-11-26(24)31(27(25)18-23)28-12-5-6-15-29-28;;;;/h3-18H,1-2H3;3-16H,1-2H3;1H;;;/q;-2;;;;+2. The van der Waals surface area contributed by atoms with Crippen molar-refractivity contribution in [1.29, 1.82) is 3.91 Å². The van der Waals surface area contributed by atoms with Gasteiger partial charge >= 0.3 is 46.7 Å². The normalized spacial score (nSPS) is 11.0. The van der Waals surface area contributed by atoms with E-state index in [1.54, 1.807) is 6.20 Å². The Balaban J connectivity index is 0.000000163. The van der Waals surface area contributed by atoms with Gasteiger partial charge in [0.25, 0.3) is 0 Å². The van der Waals surface area contributed by atoms with Crippen molar-refractivity contribution in [1.82, 2.24) is 38.7 Å². The molecule has 1 N–H and O–H groups in total. The molecule has 0 saturated carbocycles. The zero-order valence-corrected chi connectivity index (χ0v) is 42.8. The molecular formula is C56H43N9O3Pt2. The summed E-state index contributed by atoms with van der Waals surface area (Å²) < 4.78 is 35.1. The minimum atomic E-state index is -1.42. The topological polar surface area (TPSA) is 131 Å². The average molecular weight is 1280 g/mol. The van der Waals surface area contributed by atoms with Crippen LogP contribution in [0.15, 0.2) is 182 Å². The van der Waals surface area contributed by atoms with Crippen LogP contribution in [0.2, 0.25) is 0 Å². The van der Waals surface area contributed by atoms with Gasteiger partial charge in [0, 0.05) is 63.7 Å². The number of hydrogen-bond acceptors (Lipinski definition) is 8. The SMILES string of the molecule is Cc1cc(C)n(-c2[c-]c(Oc3[c-]c4c(cc3)c3ccccc3n4-c3ccccn3)ccc2)n1.Cc1cc(C)n(-c2cccc(Oc3ccc4c5ccccc5n(-c5ccccn5)c4c3)c2)n1.[NH]=[Pt]=[O].[Pt+2]. The Bertz CT molecular complexity index is 3590. The van der Waals surface area contributed by atoms with Crippen molar-refractivity contribution in [2.45, 2.75) is 27.7 Å². The maximum absolute atomic E-state index is 8.71. The molecule has 6 heterocycles. The van der Waals surface area contributed by atoms with Gasteiger partial charge < -0.3 is 14.0 Å². The molecule has 0 aliphatic heterocycles. The number of rotatable bonds is 8. The first-order valence-corrected chi connectivity index (χ1v) is 24.1.